The first-order valence-corrected chi connectivity index (χ1v) is 17.0. The van der Waals surface area contributed by atoms with E-state index in [1.807, 2.05) is 13.8 Å². The number of carbonyl (C=O) groups excluding carboxylic acids is 2. The molecule has 1 atom stereocenters. The molecule has 0 aliphatic heterocycles. The van der Waals surface area contributed by atoms with Crippen molar-refractivity contribution < 1.29 is 22.7 Å². The van der Waals surface area contributed by atoms with Gasteiger partial charge in [0.2, 0.25) is 11.8 Å². The number of nitrogens with one attached hydrogen (secondary N) is 1. The Morgan fingerprint density at radius 2 is 1.59 bits per heavy atom. The fraction of sp³-hybridized carbons (Fsp3) is 0.394. The van der Waals surface area contributed by atoms with Crippen LogP contribution in [0.3, 0.4) is 0 Å². The number of nitrogens with zero attached hydrogens (tertiary/aromatic N) is 2. The van der Waals surface area contributed by atoms with Gasteiger partial charge in [0.25, 0.3) is 10.0 Å². The Morgan fingerprint density at radius 1 is 0.955 bits per heavy atom. The number of benzene rings is 3. The van der Waals surface area contributed by atoms with Crippen molar-refractivity contribution in [2.24, 2.45) is 0 Å². The van der Waals surface area contributed by atoms with Crippen LogP contribution in [0.2, 0.25) is 10.0 Å². The summed E-state index contributed by atoms with van der Waals surface area (Å²) >= 11 is 13.0. The summed E-state index contributed by atoms with van der Waals surface area (Å²) in [5.74, 6) is -0.604. The lowest BCUT2D eigenvalue weighted by atomic mass is 9.95. The van der Waals surface area contributed by atoms with Gasteiger partial charge in [-0.15, -0.1) is 0 Å². The summed E-state index contributed by atoms with van der Waals surface area (Å²) in [6, 6.07) is 17.2. The van der Waals surface area contributed by atoms with Crippen molar-refractivity contribution in [2.75, 3.05) is 18.0 Å². The number of ether oxygens (including phenoxy) is 1. The predicted molar refractivity (Wildman–Crippen MR) is 175 cm³/mol. The molecule has 11 heteroatoms. The Morgan fingerprint density at radius 3 is 2.20 bits per heavy atom. The normalized spacial score (nSPS) is 14.5. The molecule has 0 radical (unpaired) electrons. The van der Waals surface area contributed by atoms with Crippen molar-refractivity contribution in [1.82, 2.24) is 10.2 Å². The molecule has 0 heterocycles. The minimum atomic E-state index is -4.24. The summed E-state index contributed by atoms with van der Waals surface area (Å²) in [6.07, 6.45) is 5.25. The molecule has 4 rings (SSSR count). The summed E-state index contributed by atoms with van der Waals surface area (Å²) in [5, 5.41) is 3.81. The van der Waals surface area contributed by atoms with Gasteiger partial charge in [0.15, 0.2) is 0 Å². The van der Waals surface area contributed by atoms with Crippen LogP contribution in [0.25, 0.3) is 0 Å². The summed E-state index contributed by atoms with van der Waals surface area (Å²) in [7, 11) is -2.81. The second-order valence-electron chi connectivity index (χ2n) is 11.0. The second-order valence-corrected chi connectivity index (χ2v) is 13.7. The molecule has 0 unspecified atom stereocenters. The lowest BCUT2D eigenvalue weighted by molar-refractivity contribution is -0.140. The molecule has 1 fully saturated rings. The quantitative estimate of drug-likeness (QED) is 0.232. The molecule has 3 aromatic rings. The van der Waals surface area contributed by atoms with E-state index in [1.54, 1.807) is 54.6 Å². The molecule has 0 saturated heterocycles. The summed E-state index contributed by atoms with van der Waals surface area (Å²) in [6.45, 7) is 3.00. The summed E-state index contributed by atoms with van der Waals surface area (Å²) in [5.41, 5.74) is 1.55. The topological polar surface area (TPSA) is 96.0 Å². The zero-order valence-corrected chi connectivity index (χ0v) is 27.6. The molecule has 236 valence electrons. The number of rotatable bonds is 12. The van der Waals surface area contributed by atoms with Gasteiger partial charge >= 0.3 is 0 Å². The van der Waals surface area contributed by atoms with E-state index < -0.39 is 28.5 Å². The monoisotopic (exact) mass is 659 g/mol. The van der Waals surface area contributed by atoms with Crippen LogP contribution in [0, 0.1) is 6.92 Å². The third-order valence-electron chi connectivity index (χ3n) is 7.97. The number of amides is 2. The second kappa shape index (κ2) is 15.1. The molecule has 44 heavy (non-hydrogen) atoms. The Hall–Kier alpha value is -3.27. The van der Waals surface area contributed by atoms with Gasteiger partial charge in [0.05, 0.1) is 17.7 Å². The average molecular weight is 661 g/mol. The smallest absolute Gasteiger partial charge is 0.264 e. The van der Waals surface area contributed by atoms with Crippen LogP contribution in [-0.2, 0) is 26.2 Å². The number of methoxy groups -OCH3 is 1. The third kappa shape index (κ3) is 7.86. The van der Waals surface area contributed by atoms with Gasteiger partial charge in [0, 0.05) is 28.2 Å². The SMILES string of the molecule is CC[C@@H](C(=O)NC1CCCCC1)N(Cc1c(Cl)cccc1Cl)C(=O)CN(c1ccccc1OC)S(=O)(=O)c1ccc(C)cc1. The number of hydrogen-bond donors (Lipinski definition) is 1. The van der Waals surface area contributed by atoms with Crippen molar-refractivity contribution in [2.45, 2.75) is 75.9 Å². The maximum absolute atomic E-state index is 14.4. The van der Waals surface area contributed by atoms with Gasteiger partial charge in [-0.3, -0.25) is 13.9 Å². The van der Waals surface area contributed by atoms with Crippen molar-refractivity contribution in [3.63, 3.8) is 0 Å². The van der Waals surface area contributed by atoms with Crippen molar-refractivity contribution in [1.29, 1.82) is 0 Å². The lowest BCUT2D eigenvalue weighted by Crippen LogP contribution is -2.54. The van der Waals surface area contributed by atoms with E-state index in [4.69, 9.17) is 27.9 Å². The van der Waals surface area contributed by atoms with E-state index in [0.29, 0.717) is 22.0 Å². The molecule has 0 aromatic heterocycles. The minimum absolute atomic E-state index is 0.0181. The Bertz CT molecular complexity index is 1540. The van der Waals surface area contributed by atoms with Gasteiger partial charge in [-0.25, -0.2) is 8.42 Å². The van der Waals surface area contributed by atoms with Crippen LogP contribution in [-0.4, -0.2) is 50.9 Å². The number of hydrogen-bond acceptors (Lipinski definition) is 5. The van der Waals surface area contributed by atoms with E-state index in [1.165, 1.54) is 24.1 Å². The highest BCUT2D eigenvalue weighted by molar-refractivity contribution is 7.92. The number of sulfonamides is 1. The molecule has 3 aromatic carbocycles. The number of aryl methyl sites for hydroxylation is 1. The first-order valence-electron chi connectivity index (χ1n) is 14.8. The number of para-hydroxylation sites is 2. The van der Waals surface area contributed by atoms with Gasteiger partial charge in [-0.05, 0) is 62.6 Å². The zero-order chi connectivity index (χ0) is 31.9. The van der Waals surface area contributed by atoms with Crippen LogP contribution < -0.4 is 14.4 Å². The van der Waals surface area contributed by atoms with Gasteiger partial charge in [-0.1, -0.05) is 85.3 Å². The number of carbonyl (C=O) groups is 2. The van der Waals surface area contributed by atoms with Crippen molar-refractivity contribution in [3.8, 4) is 5.75 Å². The third-order valence-corrected chi connectivity index (χ3v) is 10.5. The van der Waals surface area contributed by atoms with E-state index in [0.717, 1.165) is 42.0 Å². The van der Waals surface area contributed by atoms with Crippen LogP contribution in [0.5, 0.6) is 5.75 Å². The minimum Gasteiger partial charge on any atom is -0.495 e. The van der Waals surface area contributed by atoms with E-state index in [9.17, 15) is 18.0 Å². The molecule has 1 aliphatic carbocycles. The van der Waals surface area contributed by atoms with Gasteiger partial charge in [0.1, 0.15) is 18.3 Å². The molecular weight excluding hydrogens is 621 g/mol. The standard InChI is InChI=1S/C33H39Cl2N3O5S/c1-4-29(33(40)36-24-11-6-5-7-12-24)37(21-26-27(34)13-10-14-28(26)35)32(39)22-38(30-15-8-9-16-31(30)43-3)44(41,42)25-19-17-23(2)18-20-25/h8-10,13-20,24,29H,4-7,11-12,21-22H2,1-3H3,(H,36,40)/t29-/m0/s1. The fourth-order valence-corrected chi connectivity index (χ4v) is 7.45. The highest BCUT2D eigenvalue weighted by Gasteiger charge is 2.35. The van der Waals surface area contributed by atoms with E-state index in [2.05, 4.69) is 5.32 Å². The predicted octanol–water partition coefficient (Wildman–Crippen LogP) is 6.76. The van der Waals surface area contributed by atoms with E-state index in [-0.39, 0.29) is 34.8 Å². The van der Waals surface area contributed by atoms with Crippen LogP contribution in [0.1, 0.15) is 56.6 Å². The first kappa shape index (κ1) is 33.6. The fourth-order valence-electron chi connectivity index (χ4n) is 5.50. The molecule has 0 bridgehead atoms. The maximum atomic E-state index is 14.4. The van der Waals surface area contributed by atoms with Crippen LogP contribution in [0.15, 0.2) is 71.6 Å². The zero-order valence-electron chi connectivity index (χ0n) is 25.3. The molecule has 1 N–H and O–H groups in total. The lowest BCUT2D eigenvalue weighted by Gasteiger charge is -2.35. The Kier molecular flexibility index (Phi) is 11.6. The van der Waals surface area contributed by atoms with Gasteiger partial charge < -0.3 is 15.0 Å². The highest BCUT2D eigenvalue weighted by Crippen LogP contribution is 2.33. The molecule has 1 saturated carbocycles. The van der Waals surface area contributed by atoms with Crippen LogP contribution >= 0.6 is 23.2 Å². The largest absolute Gasteiger partial charge is 0.495 e. The molecule has 0 spiro atoms. The van der Waals surface area contributed by atoms with Gasteiger partial charge in [-0.2, -0.15) is 0 Å². The average Bonchev–Trinajstić information content (AvgIpc) is 3.01. The number of halogens is 2. The van der Waals surface area contributed by atoms with E-state index >= 15 is 0 Å². The summed E-state index contributed by atoms with van der Waals surface area (Å²) in [4.78, 5) is 29.5. The Labute approximate surface area is 270 Å². The summed E-state index contributed by atoms with van der Waals surface area (Å²) < 4.78 is 34.8. The first-order chi connectivity index (χ1) is 21.1. The van der Waals surface area contributed by atoms with Crippen LogP contribution in [0.4, 0.5) is 5.69 Å². The van der Waals surface area contributed by atoms with Crippen molar-refractivity contribution >= 4 is 50.7 Å². The highest BCUT2D eigenvalue weighted by atomic mass is 35.5. The maximum Gasteiger partial charge on any atom is 0.264 e. The molecule has 8 nitrogen and oxygen atoms in total. The number of anilines is 1. The Balaban J connectivity index is 1.77. The molecule has 2 amide bonds. The van der Waals surface area contributed by atoms with Crippen molar-refractivity contribution in [3.05, 3.63) is 87.9 Å². The molecule has 1 aliphatic rings. The molecular formula is C33H39Cl2N3O5S.